The lowest BCUT2D eigenvalue weighted by molar-refractivity contribution is -0.108. The summed E-state index contributed by atoms with van der Waals surface area (Å²) in [6, 6.07) is 11.8. The second-order valence-corrected chi connectivity index (χ2v) is 6.69. The van der Waals surface area contributed by atoms with Gasteiger partial charge in [-0.3, -0.25) is 9.36 Å². The molecule has 1 aromatic carbocycles. The molecular formula is C16H13N3O5S. The summed E-state index contributed by atoms with van der Waals surface area (Å²) in [7, 11) is -3.78. The number of fused-ring (bicyclic) bond motifs is 1. The molecule has 0 saturated carbocycles. The van der Waals surface area contributed by atoms with Crippen LogP contribution in [0.3, 0.4) is 0 Å². The quantitative estimate of drug-likeness (QED) is 0.679. The Morgan fingerprint density at radius 2 is 1.76 bits per heavy atom. The predicted molar refractivity (Wildman–Crippen MR) is 90.0 cm³/mol. The number of pyridine rings is 2. The molecule has 0 aliphatic rings. The van der Waals surface area contributed by atoms with Crippen molar-refractivity contribution in [3.05, 3.63) is 58.9 Å². The van der Waals surface area contributed by atoms with Gasteiger partial charge in [0.2, 0.25) is 15.9 Å². The van der Waals surface area contributed by atoms with Gasteiger partial charge in [0.1, 0.15) is 17.7 Å². The largest absolute Gasteiger partial charge is 0.439 e. The Labute approximate surface area is 142 Å². The Bertz CT molecular complexity index is 1100. The zero-order valence-corrected chi connectivity index (χ0v) is 13.6. The van der Waals surface area contributed by atoms with Gasteiger partial charge in [0, 0.05) is 17.5 Å². The lowest BCUT2D eigenvalue weighted by atomic mass is 10.3. The SMILES string of the molecule is NS(=O)(=O)c1ccc(Oc2ccc3ccc(=O)n(CC=O)c3n2)cc1. The Morgan fingerprint density at radius 1 is 1.08 bits per heavy atom. The molecule has 0 aliphatic carbocycles. The van der Waals surface area contributed by atoms with Gasteiger partial charge in [-0.2, -0.15) is 4.98 Å². The van der Waals surface area contributed by atoms with Crippen LogP contribution in [-0.2, 0) is 21.4 Å². The molecular weight excluding hydrogens is 346 g/mol. The van der Waals surface area contributed by atoms with Crippen LogP contribution < -0.4 is 15.4 Å². The molecule has 0 spiro atoms. The number of nitrogens with zero attached hydrogens (tertiary/aromatic N) is 2. The number of aromatic nitrogens is 2. The monoisotopic (exact) mass is 359 g/mol. The topological polar surface area (TPSA) is 121 Å². The highest BCUT2D eigenvalue weighted by Gasteiger charge is 2.09. The lowest BCUT2D eigenvalue weighted by Crippen LogP contribution is -2.20. The van der Waals surface area contributed by atoms with Crippen LogP contribution in [0.5, 0.6) is 11.6 Å². The molecule has 2 aromatic heterocycles. The molecule has 0 unspecified atom stereocenters. The van der Waals surface area contributed by atoms with Crippen LogP contribution in [0.2, 0.25) is 0 Å². The maximum Gasteiger partial charge on any atom is 0.252 e. The Hall–Kier alpha value is -3.04. The number of nitrogens with two attached hydrogens (primary N) is 1. The van der Waals surface area contributed by atoms with E-state index in [4.69, 9.17) is 9.88 Å². The maximum atomic E-state index is 11.9. The first kappa shape index (κ1) is 16.8. The predicted octanol–water partition coefficient (Wildman–Crippen LogP) is 1.04. The summed E-state index contributed by atoms with van der Waals surface area (Å²) in [6.45, 7) is -0.115. The highest BCUT2D eigenvalue weighted by molar-refractivity contribution is 7.89. The first-order valence-corrected chi connectivity index (χ1v) is 8.68. The van der Waals surface area contributed by atoms with Crippen LogP contribution in [0.4, 0.5) is 0 Å². The van der Waals surface area contributed by atoms with Gasteiger partial charge in [-0.25, -0.2) is 13.6 Å². The van der Waals surface area contributed by atoms with Crippen molar-refractivity contribution in [1.29, 1.82) is 0 Å². The van der Waals surface area contributed by atoms with Gasteiger partial charge in [0.15, 0.2) is 0 Å². The molecule has 9 heteroatoms. The molecule has 0 bridgehead atoms. The van der Waals surface area contributed by atoms with E-state index in [1.165, 1.54) is 34.9 Å². The minimum absolute atomic E-state index is 0.0360. The van der Waals surface area contributed by atoms with E-state index in [1.54, 1.807) is 18.2 Å². The van der Waals surface area contributed by atoms with Gasteiger partial charge in [0.05, 0.1) is 11.4 Å². The second kappa shape index (κ2) is 6.46. The minimum atomic E-state index is -3.78. The smallest absolute Gasteiger partial charge is 0.252 e. The van der Waals surface area contributed by atoms with Gasteiger partial charge in [-0.05, 0) is 36.4 Å². The molecule has 0 fully saturated rings. The number of hydrogen-bond donors (Lipinski definition) is 1. The summed E-state index contributed by atoms with van der Waals surface area (Å²) < 4.78 is 29.3. The number of rotatable bonds is 5. The maximum absolute atomic E-state index is 11.9. The molecule has 0 atom stereocenters. The van der Waals surface area contributed by atoms with E-state index < -0.39 is 10.0 Å². The van der Waals surface area contributed by atoms with Crippen LogP contribution >= 0.6 is 0 Å². The van der Waals surface area contributed by atoms with Crippen molar-refractivity contribution >= 4 is 27.3 Å². The van der Waals surface area contributed by atoms with E-state index in [1.807, 2.05) is 0 Å². The van der Waals surface area contributed by atoms with Crippen molar-refractivity contribution in [1.82, 2.24) is 9.55 Å². The van der Waals surface area contributed by atoms with Gasteiger partial charge in [-0.1, -0.05) is 0 Å². The molecule has 2 N–H and O–H groups in total. The number of aldehydes is 1. The Kier molecular flexibility index (Phi) is 4.34. The number of ether oxygens (including phenoxy) is 1. The summed E-state index contributed by atoms with van der Waals surface area (Å²) in [5.41, 5.74) is -0.0278. The fourth-order valence-corrected chi connectivity index (χ4v) is 2.78. The lowest BCUT2D eigenvalue weighted by Gasteiger charge is -2.09. The Balaban J connectivity index is 1.98. The number of primary sulfonamides is 1. The second-order valence-electron chi connectivity index (χ2n) is 5.13. The normalized spacial score (nSPS) is 11.4. The fourth-order valence-electron chi connectivity index (χ4n) is 2.27. The van der Waals surface area contributed by atoms with Gasteiger partial charge < -0.3 is 9.53 Å². The molecule has 0 amide bonds. The molecule has 0 saturated heterocycles. The van der Waals surface area contributed by atoms with E-state index in [9.17, 15) is 18.0 Å². The number of carbonyl (C=O) groups is 1. The molecule has 0 radical (unpaired) electrons. The standard InChI is InChI=1S/C16H13N3O5S/c17-25(22,23)13-5-3-12(4-6-13)24-14-7-1-11-2-8-15(21)19(9-10-20)16(11)18-14/h1-8,10H,9H2,(H2,17,22,23). The minimum Gasteiger partial charge on any atom is -0.439 e. The molecule has 3 aromatic rings. The average molecular weight is 359 g/mol. The van der Waals surface area contributed by atoms with Crippen LogP contribution in [0.1, 0.15) is 0 Å². The van der Waals surface area contributed by atoms with E-state index in [2.05, 4.69) is 4.98 Å². The first-order valence-electron chi connectivity index (χ1n) is 7.13. The highest BCUT2D eigenvalue weighted by Crippen LogP contribution is 2.23. The summed E-state index contributed by atoms with van der Waals surface area (Å²) in [5.74, 6) is 0.542. The summed E-state index contributed by atoms with van der Waals surface area (Å²) in [4.78, 5) is 26.9. The zero-order chi connectivity index (χ0) is 18.0. The van der Waals surface area contributed by atoms with Gasteiger partial charge in [0.25, 0.3) is 5.56 Å². The molecule has 2 heterocycles. The molecule has 8 nitrogen and oxygen atoms in total. The van der Waals surface area contributed by atoms with Crippen molar-refractivity contribution in [2.45, 2.75) is 11.4 Å². The van der Waals surface area contributed by atoms with Crippen molar-refractivity contribution in [2.24, 2.45) is 5.14 Å². The average Bonchev–Trinajstić information content (AvgIpc) is 2.57. The van der Waals surface area contributed by atoms with Crippen LogP contribution in [0.25, 0.3) is 11.0 Å². The van der Waals surface area contributed by atoms with Crippen LogP contribution in [0.15, 0.2) is 58.2 Å². The summed E-state index contributed by atoms with van der Waals surface area (Å²) in [6.07, 6.45) is 0.613. The van der Waals surface area contributed by atoms with Gasteiger partial charge in [-0.15, -0.1) is 0 Å². The third kappa shape index (κ3) is 3.57. The molecule has 25 heavy (non-hydrogen) atoms. The van der Waals surface area contributed by atoms with Crippen molar-refractivity contribution in [3.63, 3.8) is 0 Å². The van der Waals surface area contributed by atoms with E-state index in [0.717, 1.165) is 0 Å². The van der Waals surface area contributed by atoms with Gasteiger partial charge >= 0.3 is 0 Å². The highest BCUT2D eigenvalue weighted by atomic mass is 32.2. The van der Waals surface area contributed by atoms with Crippen molar-refractivity contribution in [3.8, 4) is 11.6 Å². The summed E-state index contributed by atoms with van der Waals surface area (Å²) >= 11 is 0. The number of hydrogen-bond acceptors (Lipinski definition) is 6. The third-order valence-electron chi connectivity index (χ3n) is 3.44. The van der Waals surface area contributed by atoms with Crippen molar-refractivity contribution in [2.75, 3.05) is 0 Å². The van der Waals surface area contributed by atoms with E-state index in [-0.39, 0.29) is 22.9 Å². The molecule has 3 rings (SSSR count). The van der Waals surface area contributed by atoms with E-state index >= 15 is 0 Å². The third-order valence-corrected chi connectivity index (χ3v) is 4.37. The van der Waals surface area contributed by atoms with Crippen LogP contribution in [0, 0.1) is 0 Å². The first-order chi connectivity index (χ1) is 11.9. The van der Waals surface area contributed by atoms with Crippen molar-refractivity contribution < 1.29 is 17.9 Å². The zero-order valence-electron chi connectivity index (χ0n) is 12.8. The number of carbonyl (C=O) groups excluding carboxylic acids is 1. The fraction of sp³-hybridized carbons (Fsp3) is 0.0625. The van der Waals surface area contributed by atoms with Crippen LogP contribution in [-0.4, -0.2) is 24.3 Å². The molecule has 0 aliphatic heterocycles. The number of benzene rings is 1. The molecule has 128 valence electrons. The Morgan fingerprint density at radius 3 is 2.40 bits per heavy atom. The summed E-state index contributed by atoms with van der Waals surface area (Å²) in [5, 5.41) is 5.72. The van der Waals surface area contributed by atoms with E-state index in [0.29, 0.717) is 23.1 Å². The number of sulfonamides is 1.